The van der Waals surface area contributed by atoms with E-state index in [1.54, 1.807) is 7.05 Å². The molecule has 1 aliphatic carbocycles. The molecule has 1 aromatic rings. The fourth-order valence-electron chi connectivity index (χ4n) is 3.53. The van der Waals surface area contributed by atoms with E-state index in [9.17, 15) is 4.79 Å². The molecule has 1 aliphatic rings. The number of hydrogen-bond acceptors (Lipinski definition) is 2. The highest BCUT2D eigenvalue weighted by Gasteiger charge is 2.13. The minimum absolute atomic E-state index is 0.0666. The second-order valence-electron chi connectivity index (χ2n) is 7.05. The topological polar surface area (TPSA) is 65.5 Å². The summed E-state index contributed by atoms with van der Waals surface area (Å²) in [5.41, 5.74) is 1.70. The van der Waals surface area contributed by atoms with Gasteiger partial charge in [0.05, 0.1) is 6.54 Å². The van der Waals surface area contributed by atoms with E-state index in [4.69, 9.17) is 0 Å². The molecule has 1 aromatic carbocycles. The van der Waals surface area contributed by atoms with Crippen LogP contribution in [0.3, 0.4) is 0 Å². The molecule has 26 heavy (non-hydrogen) atoms. The normalized spacial score (nSPS) is 15.1. The number of carbonyl (C=O) groups excluding carboxylic acids is 1. The monoisotopic (exact) mass is 358 g/mol. The van der Waals surface area contributed by atoms with Crippen molar-refractivity contribution in [2.45, 2.75) is 58.4 Å². The highest BCUT2D eigenvalue weighted by molar-refractivity contribution is 5.94. The van der Waals surface area contributed by atoms with E-state index in [-0.39, 0.29) is 5.91 Å². The second kappa shape index (κ2) is 11.6. The quantitative estimate of drug-likeness (QED) is 0.360. The number of benzene rings is 1. The summed E-state index contributed by atoms with van der Waals surface area (Å²) < 4.78 is 0. The van der Waals surface area contributed by atoms with Gasteiger partial charge in [-0.15, -0.1) is 0 Å². The van der Waals surface area contributed by atoms with Gasteiger partial charge in [0.1, 0.15) is 0 Å². The van der Waals surface area contributed by atoms with Crippen molar-refractivity contribution >= 4 is 11.9 Å². The maximum absolute atomic E-state index is 11.7. The van der Waals surface area contributed by atoms with Crippen molar-refractivity contribution in [3.63, 3.8) is 0 Å². The highest BCUT2D eigenvalue weighted by Crippen LogP contribution is 2.28. The average Bonchev–Trinajstić information content (AvgIpc) is 3.18. The molecule has 3 N–H and O–H groups in total. The minimum Gasteiger partial charge on any atom is -0.357 e. The van der Waals surface area contributed by atoms with Gasteiger partial charge in [-0.3, -0.25) is 4.79 Å². The molecule has 0 spiro atoms. The fraction of sp³-hybridized carbons (Fsp3) is 0.619. The smallest absolute Gasteiger partial charge is 0.251 e. The number of hydrogen-bond donors (Lipinski definition) is 3. The maximum atomic E-state index is 11.7. The lowest BCUT2D eigenvalue weighted by Gasteiger charge is -2.12. The van der Waals surface area contributed by atoms with Gasteiger partial charge in [0.25, 0.3) is 5.91 Å². The van der Waals surface area contributed by atoms with E-state index in [2.05, 4.69) is 27.9 Å². The van der Waals surface area contributed by atoms with Crippen LogP contribution >= 0.6 is 0 Å². The molecule has 1 saturated carbocycles. The van der Waals surface area contributed by atoms with Gasteiger partial charge in [-0.05, 0) is 37.0 Å². The van der Waals surface area contributed by atoms with Gasteiger partial charge >= 0.3 is 0 Å². The molecule has 0 aliphatic heterocycles. The SMILES string of the molecule is CCNC(=NCc1cccc(C(=O)NC)c1)NCCCCC1CCCC1. The Morgan fingerprint density at radius 3 is 2.73 bits per heavy atom. The molecular weight excluding hydrogens is 324 g/mol. The van der Waals surface area contributed by atoms with Crippen molar-refractivity contribution in [2.24, 2.45) is 10.9 Å². The largest absolute Gasteiger partial charge is 0.357 e. The number of aliphatic imine (C=N–C) groups is 1. The number of rotatable bonds is 9. The van der Waals surface area contributed by atoms with Crippen molar-refractivity contribution in [1.82, 2.24) is 16.0 Å². The zero-order valence-electron chi connectivity index (χ0n) is 16.3. The molecule has 1 amide bonds. The first kappa shape index (κ1) is 20.3. The van der Waals surface area contributed by atoms with Gasteiger partial charge < -0.3 is 16.0 Å². The Balaban J connectivity index is 1.77. The van der Waals surface area contributed by atoms with E-state index in [0.717, 1.165) is 30.5 Å². The number of guanidine groups is 1. The van der Waals surface area contributed by atoms with Crippen LogP contribution in [0, 0.1) is 5.92 Å². The van der Waals surface area contributed by atoms with Crippen LogP contribution in [-0.2, 0) is 6.54 Å². The van der Waals surface area contributed by atoms with Crippen LogP contribution in [0.5, 0.6) is 0 Å². The molecule has 0 bridgehead atoms. The van der Waals surface area contributed by atoms with Gasteiger partial charge in [-0.2, -0.15) is 0 Å². The van der Waals surface area contributed by atoms with Crippen LogP contribution in [0.1, 0.15) is 67.8 Å². The standard InChI is InChI=1S/C21H34N4O/c1-3-23-21(24-14-7-6-11-17-9-4-5-10-17)25-16-18-12-8-13-19(15-18)20(26)22-2/h8,12-13,15,17H,3-7,9-11,14,16H2,1-2H3,(H,22,26)(H2,23,24,25). The first-order chi connectivity index (χ1) is 12.7. The molecule has 2 rings (SSSR count). The lowest BCUT2D eigenvalue weighted by molar-refractivity contribution is 0.0963. The molecule has 5 nitrogen and oxygen atoms in total. The minimum atomic E-state index is -0.0666. The molecule has 144 valence electrons. The lowest BCUT2D eigenvalue weighted by atomic mass is 10.0. The van der Waals surface area contributed by atoms with E-state index < -0.39 is 0 Å². The Bertz CT molecular complexity index is 579. The zero-order valence-corrected chi connectivity index (χ0v) is 16.3. The van der Waals surface area contributed by atoms with Crippen LogP contribution in [0.15, 0.2) is 29.3 Å². The highest BCUT2D eigenvalue weighted by atomic mass is 16.1. The van der Waals surface area contributed by atoms with Gasteiger partial charge in [0, 0.05) is 25.7 Å². The van der Waals surface area contributed by atoms with E-state index >= 15 is 0 Å². The Hall–Kier alpha value is -2.04. The number of amides is 1. The van der Waals surface area contributed by atoms with Gasteiger partial charge in [0.15, 0.2) is 5.96 Å². The number of nitrogens with zero attached hydrogens (tertiary/aromatic N) is 1. The summed E-state index contributed by atoms with van der Waals surface area (Å²) in [5.74, 6) is 1.76. The molecule has 0 aromatic heterocycles. The Morgan fingerprint density at radius 2 is 2.00 bits per heavy atom. The summed E-state index contributed by atoms with van der Waals surface area (Å²) in [6, 6.07) is 7.62. The molecule has 0 saturated heterocycles. The van der Waals surface area contributed by atoms with Crippen LogP contribution in [0.25, 0.3) is 0 Å². The van der Waals surface area contributed by atoms with Crippen molar-refractivity contribution in [3.05, 3.63) is 35.4 Å². The van der Waals surface area contributed by atoms with E-state index in [0.29, 0.717) is 12.1 Å². The van der Waals surface area contributed by atoms with Crippen molar-refractivity contribution in [1.29, 1.82) is 0 Å². The maximum Gasteiger partial charge on any atom is 0.251 e. The first-order valence-electron chi connectivity index (χ1n) is 10.1. The molecule has 0 atom stereocenters. The summed E-state index contributed by atoms with van der Waals surface area (Å²) in [4.78, 5) is 16.4. The lowest BCUT2D eigenvalue weighted by Crippen LogP contribution is -2.37. The van der Waals surface area contributed by atoms with E-state index in [1.807, 2.05) is 24.3 Å². The van der Waals surface area contributed by atoms with Gasteiger partial charge in [0.2, 0.25) is 0 Å². The van der Waals surface area contributed by atoms with Crippen LogP contribution in [0.2, 0.25) is 0 Å². The molecule has 1 fully saturated rings. The second-order valence-corrected chi connectivity index (χ2v) is 7.05. The summed E-state index contributed by atoms with van der Waals surface area (Å²) in [6.45, 7) is 4.43. The van der Waals surface area contributed by atoms with Crippen molar-refractivity contribution in [2.75, 3.05) is 20.1 Å². The zero-order chi connectivity index (χ0) is 18.6. The van der Waals surface area contributed by atoms with Crippen LogP contribution < -0.4 is 16.0 Å². The third-order valence-electron chi connectivity index (χ3n) is 4.99. The van der Waals surface area contributed by atoms with Crippen LogP contribution in [0.4, 0.5) is 0 Å². The van der Waals surface area contributed by atoms with Gasteiger partial charge in [-0.25, -0.2) is 4.99 Å². The number of nitrogens with one attached hydrogen (secondary N) is 3. The molecule has 0 heterocycles. The first-order valence-corrected chi connectivity index (χ1v) is 10.1. The third-order valence-corrected chi connectivity index (χ3v) is 4.99. The average molecular weight is 359 g/mol. The van der Waals surface area contributed by atoms with Crippen LogP contribution in [-0.4, -0.2) is 32.0 Å². The van der Waals surface area contributed by atoms with Crippen molar-refractivity contribution < 1.29 is 4.79 Å². The van der Waals surface area contributed by atoms with Gasteiger partial charge in [-0.1, -0.05) is 50.7 Å². The Kier molecular flexibility index (Phi) is 9.01. The predicted molar refractivity (Wildman–Crippen MR) is 108 cm³/mol. The Labute approximate surface area is 158 Å². The van der Waals surface area contributed by atoms with Crippen molar-refractivity contribution in [3.8, 4) is 0 Å². The summed E-state index contributed by atoms with van der Waals surface area (Å²) >= 11 is 0. The number of unbranched alkanes of at least 4 members (excludes halogenated alkanes) is 1. The number of carbonyl (C=O) groups is 1. The predicted octanol–water partition coefficient (Wildman–Crippen LogP) is 3.46. The summed E-state index contributed by atoms with van der Waals surface area (Å²) in [6.07, 6.45) is 9.60. The fourth-order valence-corrected chi connectivity index (χ4v) is 3.53. The third kappa shape index (κ3) is 7.06. The van der Waals surface area contributed by atoms with E-state index in [1.165, 1.54) is 44.9 Å². The summed E-state index contributed by atoms with van der Waals surface area (Å²) in [5, 5.41) is 9.37. The molecule has 0 radical (unpaired) electrons. The Morgan fingerprint density at radius 1 is 1.19 bits per heavy atom. The summed E-state index contributed by atoms with van der Waals surface area (Å²) in [7, 11) is 1.65. The molecule has 5 heteroatoms. The molecular formula is C21H34N4O. The molecule has 0 unspecified atom stereocenters.